The van der Waals surface area contributed by atoms with E-state index >= 15 is 0 Å². The molecule has 0 spiro atoms. The van der Waals surface area contributed by atoms with Gasteiger partial charge in [0.15, 0.2) is 0 Å². The Morgan fingerprint density at radius 1 is 1.11 bits per heavy atom. The molecule has 102 valence electrons. The van der Waals surface area contributed by atoms with Crippen molar-refractivity contribution in [3.05, 3.63) is 23.3 Å². The summed E-state index contributed by atoms with van der Waals surface area (Å²) in [5.41, 5.74) is 2.06. The fourth-order valence-electron chi connectivity index (χ4n) is 2.60. The number of allylic oxidation sites excluding steroid dienone is 4. The van der Waals surface area contributed by atoms with E-state index in [0.717, 1.165) is 11.1 Å². The Morgan fingerprint density at radius 2 is 1.79 bits per heavy atom. The highest BCUT2D eigenvalue weighted by molar-refractivity contribution is 7.73. The van der Waals surface area contributed by atoms with E-state index < -0.39 is 10.3 Å². The fraction of sp³-hybridized carbons (Fsp3) is 0.562. The van der Waals surface area contributed by atoms with Crippen LogP contribution in [0.25, 0.3) is 0 Å². The third-order valence-corrected chi connectivity index (χ3v) is 4.52. The molecule has 0 heterocycles. The van der Waals surface area contributed by atoms with Crippen LogP contribution in [0.2, 0.25) is 0 Å². The second-order valence-electron chi connectivity index (χ2n) is 5.36. The van der Waals surface area contributed by atoms with Gasteiger partial charge in [0.1, 0.15) is 0 Å². The summed E-state index contributed by atoms with van der Waals surface area (Å²) in [5.74, 6) is 7.16. The van der Waals surface area contributed by atoms with E-state index in [0.29, 0.717) is 17.2 Å². The van der Waals surface area contributed by atoms with Crippen LogP contribution in [-0.4, -0.2) is 13.3 Å². The molecule has 0 amide bonds. The van der Waals surface area contributed by atoms with Crippen molar-refractivity contribution in [1.29, 1.82) is 0 Å². The zero-order valence-electron chi connectivity index (χ0n) is 11.4. The predicted octanol–water partition coefficient (Wildman–Crippen LogP) is 3.29. The quantitative estimate of drug-likeness (QED) is 0.386. The third kappa shape index (κ3) is 4.11. The van der Waals surface area contributed by atoms with E-state index in [-0.39, 0.29) is 0 Å². The topological polar surface area (TPSA) is 34.1 Å². The molecular formula is C16H20O2S. The van der Waals surface area contributed by atoms with E-state index in [1.165, 1.54) is 38.5 Å². The van der Waals surface area contributed by atoms with Gasteiger partial charge in [-0.15, -0.1) is 0 Å². The lowest BCUT2D eigenvalue weighted by Crippen LogP contribution is -2.03. The van der Waals surface area contributed by atoms with Gasteiger partial charge in [0.05, 0.1) is 4.86 Å². The van der Waals surface area contributed by atoms with Gasteiger partial charge in [0, 0.05) is 17.9 Å². The Balaban J connectivity index is 2.10. The van der Waals surface area contributed by atoms with Gasteiger partial charge < -0.3 is 0 Å². The average Bonchev–Trinajstić information content (AvgIpc) is 2.65. The first-order valence-corrected chi connectivity index (χ1v) is 8.09. The Labute approximate surface area is 117 Å². The molecule has 0 aliphatic heterocycles. The largest absolute Gasteiger partial charge is 0.217 e. The Morgan fingerprint density at radius 3 is 2.37 bits per heavy atom. The van der Waals surface area contributed by atoms with Gasteiger partial charge in [-0.05, 0) is 31.9 Å². The Bertz CT molecular complexity index is 578. The molecule has 19 heavy (non-hydrogen) atoms. The lowest BCUT2D eigenvalue weighted by Gasteiger charge is -2.08. The molecule has 0 N–H and O–H groups in total. The number of rotatable bonds is 0. The number of hydrogen-bond acceptors (Lipinski definition) is 2. The van der Waals surface area contributed by atoms with Crippen LogP contribution in [0, 0.1) is 17.8 Å². The summed E-state index contributed by atoms with van der Waals surface area (Å²) in [7, 11) is -2.10. The molecule has 0 atom stereocenters. The zero-order valence-corrected chi connectivity index (χ0v) is 12.2. The molecule has 0 aromatic heterocycles. The molecule has 0 aromatic carbocycles. The van der Waals surface area contributed by atoms with Crippen molar-refractivity contribution in [2.75, 3.05) is 0 Å². The van der Waals surface area contributed by atoms with Crippen molar-refractivity contribution in [1.82, 2.24) is 0 Å². The highest BCUT2D eigenvalue weighted by Gasteiger charge is 2.11. The lowest BCUT2D eigenvalue weighted by molar-refractivity contribution is 0.577. The third-order valence-electron chi connectivity index (χ3n) is 3.82. The predicted molar refractivity (Wildman–Crippen MR) is 79.4 cm³/mol. The van der Waals surface area contributed by atoms with Crippen molar-refractivity contribution < 1.29 is 8.42 Å². The van der Waals surface area contributed by atoms with Gasteiger partial charge >= 0.3 is 0 Å². The smallest absolute Gasteiger partial charge is 0.184 e. The average molecular weight is 276 g/mol. The second-order valence-corrected chi connectivity index (χ2v) is 6.36. The first-order valence-electron chi connectivity index (χ1n) is 7.01. The Kier molecular flexibility index (Phi) is 5.04. The van der Waals surface area contributed by atoms with E-state index in [1.54, 1.807) is 6.08 Å². The fourth-order valence-corrected chi connectivity index (χ4v) is 3.11. The first-order chi connectivity index (χ1) is 9.16. The maximum absolute atomic E-state index is 10.9. The summed E-state index contributed by atoms with van der Waals surface area (Å²) < 4.78 is 21.8. The van der Waals surface area contributed by atoms with Crippen LogP contribution in [0.15, 0.2) is 23.3 Å². The SMILES string of the molecule is CC1=C(C#CC2CCCCCC2)C=CC(=S(=O)=O)C1. The van der Waals surface area contributed by atoms with Crippen LogP contribution >= 0.6 is 0 Å². The second kappa shape index (κ2) is 6.77. The summed E-state index contributed by atoms with van der Waals surface area (Å²) in [6, 6.07) is 0. The molecule has 0 bridgehead atoms. The molecule has 2 nitrogen and oxygen atoms in total. The highest BCUT2D eigenvalue weighted by atomic mass is 32.2. The van der Waals surface area contributed by atoms with Crippen molar-refractivity contribution >= 4 is 15.2 Å². The van der Waals surface area contributed by atoms with Crippen LogP contribution in [0.4, 0.5) is 0 Å². The van der Waals surface area contributed by atoms with Crippen molar-refractivity contribution in [3.8, 4) is 11.8 Å². The maximum atomic E-state index is 10.9. The van der Waals surface area contributed by atoms with Gasteiger partial charge in [-0.2, -0.15) is 8.42 Å². The molecule has 0 radical (unpaired) electrons. The van der Waals surface area contributed by atoms with E-state index in [4.69, 9.17) is 0 Å². The molecule has 0 unspecified atom stereocenters. The molecule has 0 aromatic rings. The van der Waals surface area contributed by atoms with Gasteiger partial charge in [0.25, 0.3) is 0 Å². The molecule has 1 saturated carbocycles. The van der Waals surface area contributed by atoms with Crippen LogP contribution in [0.3, 0.4) is 0 Å². The normalized spacial score (nSPS) is 20.8. The summed E-state index contributed by atoms with van der Waals surface area (Å²) in [6.45, 7) is 1.97. The molecule has 3 heteroatoms. The minimum atomic E-state index is -2.10. The first kappa shape index (κ1) is 14.1. The standard InChI is InChI=1S/C16H20O2S/c1-13-12-16(19(17)18)11-10-15(13)9-8-14-6-4-2-3-5-7-14/h10-11,14H,2-7,12H2,1H3. The summed E-state index contributed by atoms with van der Waals surface area (Å²) in [6.07, 6.45) is 11.7. The Hall–Kier alpha value is -1.27. The summed E-state index contributed by atoms with van der Waals surface area (Å²) >= 11 is 0. The van der Waals surface area contributed by atoms with Crippen molar-refractivity contribution in [2.45, 2.75) is 51.9 Å². The maximum Gasteiger partial charge on any atom is 0.217 e. The van der Waals surface area contributed by atoms with Crippen LogP contribution in [0.5, 0.6) is 0 Å². The molecule has 0 saturated heterocycles. The van der Waals surface area contributed by atoms with Crippen molar-refractivity contribution in [2.24, 2.45) is 5.92 Å². The van der Waals surface area contributed by atoms with E-state index in [9.17, 15) is 8.42 Å². The van der Waals surface area contributed by atoms with E-state index in [2.05, 4.69) is 11.8 Å². The highest BCUT2D eigenvalue weighted by Crippen LogP contribution is 2.23. The molecule has 2 aliphatic rings. The van der Waals surface area contributed by atoms with Gasteiger partial charge in [-0.3, -0.25) is 0 Å². The van der Waals surface area contributed by atoms with E-state index in [1.807, 2.05) is 13.0 Å². The monoisotopic (exact) mass is 276 g/mol. The molecule has 2 rings (SSSR count). The van der Waals surface area contributed by atoms with Crippen LogP contribution in [0.1, 0.15) is 51.9 Å². The van der Waals surface area contributed by atoms with Crippen LogP contribution in [-0.2, 0) is 10.3 Å². The van der Waals surface area contributed by atoms with Gasteiger partial charge in [-0.25, -0.2) is 0 Å². The lowest BCUT2D eigenvalue weighted by atomic mass is 9.96. The molecule has 2 aliphatic carbocycles. The molecule has 1 fully saturated rings. The van der Waals surface area contributed by atoms with Gasteiger partial charge in [0.2, 0.25) is 10.3 Å². The minimum Gasteiger partial charge on any atom is -0.184 e. The van der Waals surface area contributed by atoms with Crippen molar-refractivity contribution in [3.63, 3.8) is 0 Å². The molecular weight excluding hydrogens is 256 g/mol. The van der Waals surface area contributed by atoms with Gasteiger partial charge in [-0.1, -0.05) is 43.1 Å². The zero-order chi connectivity index (χ0) is 13.7. The summed E-state index contributed by atoms with van der Waals surface area (Å²) in [4.78, 5) is 0.456. The number of hydrogen-bond donors (Lipinski definition) is 0. The summed E-state index contributed by atoms with van der Waals surface area (Å²) in [5, 5.41) is 0. The minimum absolute atomic E-state index is 0.456. The van der Waals surface area contributed by atoms with Crippen LogP contribution < -0.4 is 0 Å².